The molecule has 0 spiro atoms. The zero-order chi connectivity index (χ0) is 17.7. The molecular formula is C16H15BrN2O4S. The molecule has 24 heavy (non-hydrogen) atoms. The van der Waals surface area contributed by atoms with Crippen LogP contribution in [0.25, 0.3) is 0 Å². The average molecular weight is 411 g/mol. The SMILES string of the molecule is CC(=O)c1cccc(NC(=O)CNS(=O)(=O)c2ccccc2Br)c1. The molecule has 0 heterocycles. The first-order valence-electron chi connectivity index (χ1n) is 6.94. The van der Waals surface area contributed by atoms with E-state index < -0.39 is 22.5 Å². The van der Waals surface area contributed by atoms with E-state index >= 15 is 0 Å². The van der Waals surface area contributed by atoms with Crippen LogP contribution >= 0.6 is 15.9 Å². The van der Waals surface area contributed by atoms with Crippen molar-refractivity contribution in [1.82, 2.24) is 4.72 Å². The predicted molar refractivity (Wildman–Crippen MR) is 94.4 cm³/mol. The highest BCUT2D eigenvalue weighted by Gasteiger charge is 2.18. The third kappa shape index (κ3) is 4.73. The maximum atomic E-state index is 12.2. The van der Waals surface area contributed by atoms with Gasteiger partial charge in [0.2, 0.25) is 15.9 Å². The molecule has 0 aromatic heterocycles. The number of carbonyl (C=O) groups is 2. The Hall–Kier alpha value is -2.03. The van der Waals surface area contributed by atoms with E-state index in [1.807, 2.05) is 0 Å². The third-order valence-corrected chi connectivity index (χ3v) is 5.52. The monoisotopic (exact) mass is 410 g/mol. The zero-order valence-electron chi connectivity index (χ0n) is 12.7. The number of benzene rings is 2. The van der Waals surface area contributed by atoms with Gasteiger partial charge in [-0.15, -0.1) is 0 Å². The Bertz CT molecular complexity index is 881. The highest BCUT2D eigenvalue weighted by atomic mass is 79.9. The van der Waals surface area contributed by atoms with Crippen LogP contribution in [0.3, 0.4) is 0 Å². The van der Waals surface area contributed by atoms with E-state index in [2.05, 4.69) is 26.0 Å². The highest BCUT2D eigenvalue weighted by Crippen LogP contribution is 2.20. The molecule has 0 unspecified atom stereocenters. The van der Waals surface area contributed by atoms with Gasteiger partial charge in [-0.2, -0.15) is 0 Å². The Morgan fingerprint density at radius 3 is 2.46 bits per heavy atom. The number of sulfonamides is 1. The van der Waals surface area contributed by atoms with Crippen molar-refractivity contribution in [3.05, 3.63) is 58.6 Å². The molecule has 2 aromatic rings. The lowest BCUT2D eigenvalue weighted by molar-refractivity contribution is -0.115. The van der Waals surface area contributed by atoms with Gasteiger partial charge in [0.1, 0.15) is 0 Å². The first-order chi connectivity index (χ1) is 11.3. The first-order valence-corrected chi connectivity index (χ1v) is 9.22. The van der Waals surface area contributed by atoms with Crippen LogP contribution in [-0.2, 0) is 14.8 Å². The first kappa shape index (κ1) is 18.3. The van der Waals surface area contributed by atoms with Crippen molar-refractivity contribution in [2.75, 3.05) is 11.9 Å². The summed E-state index contributed by atoms with van der Waals surface area (Å²) in [5.41, 5.74) is 0.884. The Kier molecular flexibility index (Phi) is 5.87. The number of ketones is 1. The number of amides is 1. The number of hydrogen-bond acceptors (Lipinski definition) is 4. The molecule has 0 saturated heterocycles. The summed E-state index contributed by atoms with van der Waals surface area (Å²) in [7, 11) is -3.81. The molecule has 0 atom stereocenters. The Labute approximate surface area is 148 Å². The average Bonchev–Trinajstić information content (AvgIpc) is 2.53. The summed E-state index contributed by atoms with van der Waals surface area (Å²) in [5, 5.41) is 2.55. The molecule has 0 saturated carbocycles. The summed E-state index contributed by atoms with van der Waals surface area (Å²) in [4.78, 5) is 23.3. The maximum Gasteiger partial charge on any atom is 0.242 e. The number of halogens is 1. The van der Waals surface area contributed by atoms with E-state index in [1.165, 1.54) is 19.1 Å². The minimum atomic E-state index is -3.81. The number of carbonyl (C=O) groups excluding carboxylic acids is 2. The predicted octanol–water partition coefficient (Wildman–Crippen LogP) is 2.57. The van der Waals surface area contributed by atoms with Crippen LogP contribution in [0.5, 0.6) is 0 Å². The fourth-order valence-corrected chi connectivity index (χ4v) is 3.91. The van der Waals surface area contributed by atoms with Crippen molar-refractivity contribution in [2.24, 2.45) is 0 Å². The van der Waals surface area contributed by atoms with Crippen LogP contribution in [0.2, 0.25) is 0 Å². The molecule has 0 bridgehead atoms. The third-order valence-electron chi connectivity index (χ3n) is 3.10. The van der Waals surface area contributed by atoms with Gasteiger partial charge in [-0.05, 0) is 47.1 Å². The minimum absolute atomic E-state index is 0.0522. The summed E-state index contributed by atoms with van der Waals surface area (Å²) in [6.45, 7) is 1.00. The van der Waals surface area contributed by atoms with Crippen molar-refractivity contribution in [1.29, 1.82) is 0 Å². The van der Waals surface area contributed by atoms with Gasteiger partial charge in [0, 0.05) is 15.7 Å². The van der Waals surface area contributed by atoms with E-state index in [9.17, 15) is 18.0 Å². The maximum absolute atomic E-state index is 12.2. The topological polar surface area (TPSA) is 92.3 Å². The molecule has 0 aliphatic heterocycles. The van der Waals surface area contributed by atoms with Gasteiger partial charge >= 0.3 is 0 Å². The second-order valence-corrected chi connectivity index (χ2v) is 7.53. The Balaban J connectivity index is 2.02. The lowest BCUT2D eigenvalue weighted by Crippen LogP contribution is -2.33. The molecule has 0 aliphatic carbocycles. The molecule has 2 aromatic carbocycles. The van der Waals surface area contributed by atoms with Crippen LogP contribution < -0.4 is 10.0 Å². The van der Waals surface area contributed by atoms with E-state index in [-0.39, 0.29) is 10.7 Å². The summed E-state index contributed by atoms with van der Waals surface area (Å²) in [6, 6.07) is 12.7. The van der Waals surface area contributed by atoms with Gasteiger partial charge in [0.05, 0.1) is 11.4 Å². The van der Waals surface area contributed by atoms with Crippen molar-refractivity contribution in [2.45, 2.75) is 11.8 Å². The van der Waals surface area contributed by atoms with Crippen LogP contribution in [0.1, 0.15) is 17.3 Å². The quantitative estimate of drug-likeness (QED) is 0.715. The largest absolute Gasteiger partial charge is 0.325 e. The van der Waals surface area contributed by atoms with Crippen LogP contribution in [-0.4, -0.2) is 26.7 Å². The molecule has 2 N–H and O–H groups in total. The fourth-order valence-electron chi connectivity index (χ4n) is 1.92. The molecule has 0 radical (unpaired) electrons. The normalized spacial score (nSPS) is 11.1. The van der Waals surface area contributed by atoms with Gasteiger partial charge in [-0.25, -0.2) is 13.1 Å². The van der Waals surface area contributed by atoms with E-state index in [1.54, 1.807) is 36.4 Å². The van der Waals surface area contributed by atoms with E-state index in [0.717, 1.165) is 0 Å². The molecule has 0 fully saturated rings. The number of anilines is 1. The summed E-state index contributed by atoms with van der Waals surface area (Å²) in [5.74, 6) is -0.660. The smallest absolute Gasteiger partial charge is 0.242 e. The molecule has 0 aliphatic rings. The van der Waals surface area contributed by atoms with Crippen molar-refractivity contribution < 1.29 is 18.0 Å². The number of rotatable bonds is 6. The standard InChI is InChI=1S/C16H15BrN2O4S/c1-11(20)12-5-4-6-13(9-12)19-16(21)10-18-24(22,23)15-8-3-2-7-14(15)17/h2-9,18H,10H2,1H3,(H,19,21). The zero-order valence-corrected chi connectivity index (χ0v) is 15.1. The molecule has 126 valence electrons. The van der Waals surface area contributed by atoms with Gasteiger partial charge in [0.25, 0.3) is 0 Å². The summed E-state index contributed by atoms with van der Waals surface area (Å²) >= 11 is 3.16. The molecule has 1 amide bonds. The highest BCUT2D eigenvalue weighted by molar-refractivity contribution is 9.10. The Morgan fingerprint density at radius 2 is 1.79 bits per heavy atom. The molecular weight excluding hydrogens is 396 g/mol. The number of hydrogen-bond donors (Lipinski definition) is 2. The lowest BCUT2D eigenvalue weighted by atomic mass is 10.1. The second kappa shape index (κ2) is 7.69. The van der Waals surface area contributed by atoms with Crippen LogP contribution in [0, 0.1) is 0 Å². The summed E-state index contributed by atoms with van der Waals surface area (Å²) < 4.78 is 27.0. The van der Waals surface area contributed by atoms with Gasteiger partial charge in [-0.3, -0.25) is 9.59 Å². The molecule has 2 rings (SSSR count). The van der Waals surface area contributed by atoms with Crippen molar-refractivity contribution in [3.63, 3.8) is 0 Å². The minimum Gasteiger partial charge on any atom is -0.325 e. The van der Waals surface area contributed by atoms with Gasteiger partial charge in [0.15, 0.2) is 5.78 Å². The lowest BCUT2D eigenvalue weighted by Gasteiger charge is -2.09. The number of nitrogens with one attached hydrogen (secondary N) is 2. The van der Waals surface area contributed by atoms with E-state index in [4.69, 9.17) is 0 Å². The molecule has 8 heteroatoms. The van der Waals surface area contributed by atoms with Gasteiger partial charge < -0.3 is 5.32 Å². The summed E-state index contributed by atoms with van der Waals surface area (Å²) in [6.07, 6.45) is 0. The van der Waals surface area contributed by atoms with Crippen molar-refractivity contribution in [3.8, 4) is 0 Å². The molecule has 6 nitrogen and oxygen atoms in total. The van der Waals surface area contributed by atoms with Crippen LogP contribution in [0.4, 0.5) is 5.69 Å². The van der Waals surface area contributed by atoms with E-state index in [0.29, 0.717) is 15.7 Å². The number of Topliss-reactive ketones (excluding diaryl/α,β-unsaturated/α-hetero) is 1. The van der Waals surface area contributed by atoms with Gasteiger partial charge in [-0.1, -0.05) is 24.3 Å². The fraction of sp³-hybridized carbons (Fsp3) is 0.125. The second-order valence-electron chi connectivity index (χ2n) is 4.94. The van der Waals surface area contributed by atoms with Crippen molar-refractivity contribution >= 4 is 43.3 Å². The Morgan fingerprint density at radius 1 is 1.08 bits per heavy atom. The van der Waals surface area contributed by atoms with Crippen LogP contribution in [0.15, 0.2) is 57.9 Å².